The van der Waals surface area contributed by atoms with E-state index in [9.17, 15) is 4.79 Å². The minimum atomic E-state index is -0.000674. The molecular weight excluding hydrogens is 338 g/mol. The third-order valence-corrected chi connectivity index (χ3v) is 4.41. The Balaban J connectivity index is 2.10. The van der Waals surface area contributed by atoms with Crippen LogP contribution in [0.5, 0.6) is 0 Å². The standard InChI is InChI=1S/C16H11BrClNO/c1-9-2-3-10(6-14(9)17)16(20)13-8-19-15-7-11(18)4-5-12(13)15/h2-8,19H,1H3. The van der Waals surface area contributed by atoms with Crippen LogP contribution >= 0.6 is 27.5 Å². The van der Waals surface area contributed by atoms with Gasteiger partial charge in [-0.05, 0) is 30.7 Å². The van der Waals surface area contributed by atoms with E-state index in [0.29, 0.717) is 16.1 Å². The molecule has 0 bridgehead atoms. The van der Waals surface area contributed by atoms with Crippen LogP contribution in [-0.4, -0.2) is 10.8 Å². The molecule has 0 saturated heterocycles. The lowest BCUT2D eigenvalue weighted by atomic mass is 10.0. The first-order valence-corrected chi connectivity index (χ1v) is 7.31. The van der Waals surface area contributed by atoms with E-state index in [4.69, 9.17) is 11.6 Å². The van der Waals surface area contributed by atoms with Gasteiger partial charge in [-0.2, -0.15) is 0 Å². The van der Waals surface area contributed by atoms with Crippen molar-refractivity contribution in [3.63, 3.8) is 0 Å². The molecule has 4 heteroatoms. The highest BCUT2D eigenvalue weighted by molar-refractivity contribution is 9.10. The molecule has 1 heterocycles. The van der Waals surface area contributed by atoms with Gasteiger partial charge in [0, 0.05) is 37.7 Å². The SMILES string of the molecule is Cc1ccc(C(=O)c2c[nH]c3cc(Cl)ccc23)cc1Br. The summed E-state index contributed by atoms with van der Waals surface area (Å²) in [5, 5.41) is 1.53. The Morgan fingerprint density at radius 2 is 2.00 bits per heavy atom. The lowest BCUT2D eigenvalue weighted by Gasteiger charge is -2.03. The van der Waals surface area contributed by atoms with Gasteiger partial charge in [-0.1, -0.05) is 45.7 Å². The Kier molecular flexibility index (Phi) is 3.40. The largest absolute Gasteiger partial charge is 0.360 e. The molecule has 0 aliphatic rings. The van der Waals surface area contributed by atoms with Crippen LogP contribution in [0.1, 0.15) is 21.5 Å². The van der Waals surface area contributed by atoms with Crippen LogP contribution in [0.3, 0.4) is 0 Å². The van der Waals surface area contributed by atoms with Crippen molar-refractivity contribution in [1.82, 2.24) is 4.98 Å². The molecule has 0 fully saturated rings. The van der Waals surface area contributed by atoms with Crippen LogP contribution in [0.25, 0.3) is 10.9 Å². The van der Waals surface area contributed by atoms with Gasteiger partial charge in [0.1, 0.15) is 0 Å². The predicted octanol–water partition coefficient (Wildman–Crippen LogP) is 5.12. The number of aryl methyl sites for hydroxylation is 1. The number of aromatic nitrogens is 1. The molecule has 3 aromatic rings. The zero-order valence-electron chi connectivity index (χ0n) is 10.7. The summed E-state index contributed by atoms with van der Waals surface area (Å²) < 4.78 is 0.936. The second-order valence-electron chi connectivity index (χ2n) is 4.69. The number of nitrogens with one attached hydrogen (secondary N) is 1. The van der Waals surface area contributed by atoms with Crippen molar-refractivity contribution in [2.75, 3.05) is 0 Å². The zero-order chi connectivity index (χ0) is 14.3. The molecule has 0 amide bonds. The summed E-state index contributed by atoms with van der Waals surface area (Å²) in [5.74, 6) is -0.000674. The summed E-state index contributed by atoms with van der Waals surface area (Å²) >= 11 is 9.41. The fourth-order valence-electron chi connectivity index (χ4n) is 2.18. The van der Waals surface area contributed by atoms with Gasteiger partial charge in [-0.3, -0.25) is 4.79 Å². The van der Waals surface area contributed by atoms with E-state index in [1.807, 2.05) is 37.3 Å². The lowest BCUT2D eigenvalue weighted by molar-refractivity contribution is 0.104. The van der Waals surface area contributed by atoms with E-state index in [2.05, 4.69) is 20.9 Å². The molecule has 20 heavy (non-hydrogen) atoms. The number of carbonyl (C=O) groups excluding carboxylic acids is 1. The number of aromatic amines is 1. The number of hydrogen-bond acceptors (Lipinski definition) is 1. The van der Waals surface area contributed by atoms with Gasteiger partial charge in [0.15, 0.2) is 5.78 Å². The predicted molar refractivity (Wildman–Crippen MR) is 85.6 cm³/mol. The van der Waals surface area contributed by atoms with E-state index in [-0.39, 0.29) is 5.78 Å². The summed E-state index contributed by atoms with van der Waals surface area (Å²) in [4.78, 5) is 15.7. The zero-order valence-corrected chi connectivity index (χ0v) is 13.0. The summed E-state index contributed by atoms with van der Waals surface area (Å²) in [7, 11) is 0. The molecule has 2 nitrogen and oxygen atoms in total. The third kappa shape index (κ3) is 2.28. The summed E-state index contributed by atoms with van der Waals surface area (Å²) in [6, 6.07) is 11.1. The smallest absolute Gasteiger partial charge is 0.195 e. The van der Waals surface area contributed by atoms with Crippen molar-refractivity contribution < 1.29 is 4.79 Å². The van der Waals surface area contributed by atoms with E-state index < -0.39 is 0 Å². The maximum atomic E-state index is 12.6. The van der Waals surface area contributed by atoms with Crippen molar-refractivity contribution in [3.05, 3.63) is 68.8 Å². The minimum Gasteiger partial charge on any atom is -0.360 e. The maximum Gasteiger partial charge on any atom is 0.195 e. The molecule has 0 radical (unpaired) electrons. The van der Waals surface area contributed by atoms with Gasteiger partial charge < -0.3 is 4.98 Å². The van der Waals surface area contributed by atoms with Crippen LogP contribution in [0.4, 0.5) is 0 Å². The quantitative estimate of drug-likeness (QED) is 0.640. The van der Waals surface area contributed by atoms with Crippen molar-refractivity contribution >= 4 is 44.2 Å². The summed E-state index contributed by atoms with van der Waals surface area (Å²) in [6.07, 6.45) is 1.73. The number of ketones is 1. The Morgan fingerprint density at radius 3 is 2.75 bits per heavy atom. The first-order chi connectivity index (χ1) is 9.56. The average Bonchev–Trinajstić information content (AvgIpc) is 2.84. The Hall–Kier alpha value is -1.58. The Labute approximate surface area is 129 Å². The number of H-pyrrole nitrogens is 1. The fourth-order valence-corrected chi connectivity index (χ4v) is 2.73. The molecule has 2 aromatic carbocycles. The molecule has 1 N–H and O–H groups in total. The van der Waals surface area contributed by atoms with Crippen LogP contribution < -0.4 is 0 Å². The summed E-state index contributed by atoms with van der Waals surface area (Å²) in [5.41, 5.74) is 3.30. The van der Waals surface area contributed by atoms with Gasteiger partial charge in [-0.15, -0.1) is 0 Å². The van der Waals surface area contributed by atoms with Gasteiger partial charge in [0.2, 0.25) is 0 Å². The van der Waals surface area contributed by atoms with Crippen LogP contribution in [0.2, 0.25) is 5.02 Å². The highest BCUT2D eigenvalue weighted by Gasteiger charge is 2.15. The molecule has 1 aromatic heterocycles. The number of benzene rings is 2. The van der Waals surface area contributed by atoms with E-state index in [0.717, 1.165) is 20.9 Å². The van der Waals surface area contributed by atoms with Gasteiger partial charge in [0.05, 0.1) is 0 Å². The second-order valence-corrected chi connectivity index (χ2v) is 5.98. The van der Waals surface area contributed by atoms with Crippen LogP contribution in [0.15, 0.2) is 47.1 Å². The van der Waals surface area contributed by atoms with Crippen molar-refractivity contribution in [2.45, 2.75) is 6.92 Å². The van der Waals surface area contributed by atoms with E-state index in [1.54, 1.807) is 12.3 Å². The Morgan fingerprint density at radius 1 is 1.20 bits per heavy atom. The monoisotopic (exact) mass is 347 g/mol. The first kappa shape index (κ1) is 13.4. The fraction of sp³-hybridized carbons (Fsp3) is 0.0625. The van der Waals surface area contributed by atoms with Crippen LogP contribution in [0, 0.1) is 6.92 Å². The van der Waals surface area contributed by atoms with E-state index >= 15 is 0 Å². The van der Waals surface area contributed by atoms with Crippen molar-refractivity contribution in [2.24, 2.45) is 0 Å². The van der Waals surface area contributed by atoms with Crippen molar-refractivity contribution in [1.29, 1.82) is 0 Å². The molecule has 0 spiro atoms. The molecule has 0 saturated carbocycles. The first-order valence-electron chi connectivity index (χ1n) is 6.14. The second kappa shape index (κ2) is 5.08. The Bertz CT molecular complexity index is 822. The topological polar surface area (TPSA) is 32.9 Å². The number of carbonyl (C=O) groups is 1. The van der Waals surface area contributed by atoms with Gasteiger partial charge in [-0.25, -0.2) is 0 Å². The highest BCUT2D eigenvalue weighted by atomic mass is 79.9. The number of rotatable bonds is 2. The number of halogens is 2. The molecule has 3 rings (SSSR count). The minimum absolute atomic E-state index is 0.000674. The highest BCUT2D eigenvalue weighted by Crippen LogP contribution is 2.25. The third-order valence-electron chi connectivity index (χ3n) is 3.32. The van der Waals surface area contributed by atoms with Crippen LogP contribution in [-0.2, 0) is 0 Å². The molecule has 0 aliphatic heterocycles. The van der Waals surface area contributed by atoms with Crippen molar-refractivity contribution in [3.8, 4) is 0 Å². The molecule has 0 atom stereocenters. The lowest BCUT2D eigenvalue weighted by Crippen LogP contribution is -2.00. The number of fused-ring (bicyclic) bond motifs is 1. The normalized spacial score (nSPS) is 10.9. The van der Waals surface area contributed by atoms with E-state index in [1.165, 1.54) is 0 Å². The average molecular weight is 349 g/mol. The van der Waals surface area contributed by atoms with Gasteiger partial charge >= 0.3 is 0 Å². The van der Waals surface area contributed by atoms with Gasteiger partial charge in [0.25, 0.3) is 0 Å². The number of hydrogen-bond donors (Lipinski definition) is 1. The summed E-state index contributed by atoms with van der Waals surface area (Å²) in [6.45, 7) is 1.99. The maximum absolute atomic E-state index is 12.6. The molecular formula is C16H11BrClNO. The molecule has 0 unspecified atom stereocenters. The molecule has 0 aliphatic carbocycles. The molecule has 100 valence electrons.